The third-order valence-corrected chi connectivity index (χ3v) is 7.67. The lowest BCUT2D eigenvalue weighted by Crippen LogP contribution is -2.35. The first-order valence-electron chi connectivity index (χ1n) is 9.09. The molecule has 0 radical (unpaired) electrons. The van der Waals surface area contributed by atoms with E-state index < -0.39 is 36.9 Å². The van der Waals surface area contributed by atoms with Gasteiger partial charge in [0, 0.05) is 23.7 Å². The molecule has 168 valence electrons. The minimum Gasteiger partial charge on any atom is -0.768 e. The number of fused-ring (bicyclic) bond motifs is 1. The highest BCUT2D eigenvalue weighted by Crippen LogP contribution is 2.41. The summed E-state index contributed by atoms with van der Waals surface area (Å²) in [5.74, 6) is -0.0938. The molecule has 32 heavy (non-hydrogen) atoms. The summed E-state index contributed by atoms with van der Waals surface area (Å²) in [4.78, 5) is 3.38. The Morgan fingerprint density at radius 3 is 2.72 bits per heavy atom. The number of hydrogen-bond donors (Lipinski definition) is 4. The van der Waals surface area contributed by atoms with Gasteiger partial charge in [0.15, 0.2) is 5.13 Å². The molecule has 0 spiro atoms. The Morgan fingerprint density at radius 2 is 2.06 bits per heavy atom. The van der Waals surface area contributed by atoms with Crippen molar-refractivity contribution >= 4 is 47.8 Å². The summed E-state index contributed by atoms with van der Waals surface area (Å²) in [6.45, 7) is 1.53. The van der Waals surface area contributed by atoms with Gasteiger partial charge in [0.2, 0.25) is 15.8 Å². The summed E-state index contributed by atoms with van der Waals surface area (Å²) >= 11 is -1.71. The molecule has 2 aromatic carbocycles. The van der Waals surface area contributed by atoms with Gasteiger partial charge >= 0.3 is 0 Å². The molecule has 15 heteroatoms. The topological polar surface area (TPSA) is 206 Å². The Labute approximate surface area is 188 Å². The quantitative estimate of drug-likeness (QED) is 0.263. The van der Waals surface area contributed by atoms with Gasteiger partial charge in [-0.2, -0.15) is 5.21 Å². The highest BCUT2D eigenvalue weighted by molar-refractivity contribution is 7.90. The van der Waals surface area contributed by atoms with E-state index >= 15 is 0 Å². The first-order chi connectivity index (χ1) is 15.2. The summed E-state index contributed by atoms with van der Waals surface area (Å²) in [5, 5.41) is 13.9. The van der Waals surface area contributed by atoms with Gasteiger partial charge in [-0.15, -0.1) is 10.2 Å². The van der Waals surface area contributed by atoms with Gasteiger partial charge in [0.1, 0.15) is 0 Å². The first kappa shape index (κ1) is 22.4. The van der Waals surface area contributed by atoms with Crippen LogP contribution < -0.4 is 16.2 Å². The summed E-state index contributed by atoms with van der Waals surface area (Å²) in [5.41, 5.74) is 12.9. The Kier molecular flexibility index (Phi) is 6.02. The molecule has 0 saturated carbocycles. The minimum absolute atomic E-state index is 0.0326. The molecule has 12 nitrogen and oxygen atoms in total. The van der Waals surface area contributed by atoms with Crippen LogP contribution in [0.25, 0.3) is 32.7 Å². The van der Waals surface area contributed by atoms with Crippen molar-refractivity contribution in [1.29, 1.82) is 0 Å². The number of aromatic nitrogens is 5. The molecule has 2 aromatic heterocycles. The van der Waals surface area contributed by atoms with Crippen LogP contribution in [0.15, 0.2) is 40.1 Å². The van der Waals surface area contributed by atoms with E-state index in [1.165, 1.54) is 23.5 Å². The van der Waals surface area contributed by atoms with Crippen molar-refractivity contribution in [3.8, 4) is 22.5 Å². The number of anilines is 1. The van der Waals surface area contributed by atoms with Gasteiger partial charge < -0.3 is 16.0 Å². The van der Waals surface area contributed by atoms with Crippen molar-refractivity contribution in [2.45, 2.75) is 22.8 Å². The van der Waals surface area contributed by atoms with Crippen LogP contribution in [0.3, 0.4) is 0 Å². The molecule has 6 N–H and O–H groups in total. The second-order valence-corrected chi connectivity index (χ2v) is 10.5. The highest BCUT2D eigenvalue weighted by atomic mass is 32.2. The summed E-state index contributed by atoms with van der Waals surface area (Å²) in [6, 6.07) is 7.52. The van der Waals surface area contributed by atoms with Crippen LogP contribution in [0, 0.1) is 0 Å². The van der Waals surface area contributed by atoms with E-state index in [-0.39, 0.29) is 17.9 Å². The van der Waals surface area contributed by atoms with E-state index in [2.05, 4.69) is 30.3 Å². The Balaban J connectivity index is 2.05. The number of H-pyrrole nitrogens is 1. The third kappa shape index (κ3) is 4.13. The molecule has 0 bridgehead atoms. The maximum atomic E-state index is 12.9. The molecule has 4 rings (SSSR count). The number of rotatable bonds is 7. The predicted octanol–water partition coefficient (Wildman–Crippen LogP) is 0.589. The van der Waals surface area contributed by atoms with Crippen molar-refractivity contribution in [2.75, 3.05) is 12.3 Å². The molecule has 4 aromatic rings. The van der Waals surface area contributed by atoms with E-state index in [4.69, 9.17) is 11.5 Å². The lowest BCUT2D eigenvalue weighted by molar-refractivity contribution is 0.532. The molecule has 0 aliphatic heterocycles. The zero-order valence-electron chi connectivity index (χ0n) is 16.5. The average Bonchev–Trinajstić information content (AvgIpc) is 3.39. The van der Waals surface area contributed by atoms with Gasteiger partial charge in [-0.3, -0.25) is 4.21 Å². The lowest BCUT2D eigenvalue weighted by atomic mass is 9.98. The number of nitrogens with zero attached hydrogens (tertiary/aromatic N) is 4. The van der Waals surface area contributed by atoms with E-state index in [0.29, 0.717) is 21.8 Å². The zero-order valence-corrected chi connectivity index (χ0v) is 18.9. The van der Waals surface area contributed by atoms with Crippen molar-refractivity contribution in [3.05, 3.63) is 30.3 Å². The Bertz CT molecular complexity index is 1420. The van der Waals surface area contributed by atoms with Crippen molar-refractivity contribution in [3.63, 3.8) is 0 Å². The van der Waals surface area contributed by atoms with Gasteiger partial charge in [-0.05, 0) is 40.9 Å². The fourth-order valence-electron chi connectivity index (χ4n) is 3.16. The largest absolute Gasteiger partial charge is 0.768 e. The monoisotopic (exact) mass is 493 g/mol. The number of aromatic amines is 1. The number of nitrogens with one attached hydrogen (secondary N) is 2. The summed E-state index contributed by atoms with van der Waals surface area (Å²) in [7, 11) is -4.22. The maximum Gasteiger partial charge on any atom is 0.241 e. The summed E-state index contributed by atoms with van der Waals surface area (Å²) in [6.07, 6.45) is 0. The van der Waals surface area contributed by atoms with Crippen LogP contribution in [0.1, 0.15) is 6.92 Å². The second-order valence-electron chi connectivity index (χ2n) is 6.82. The van der Waals surface area contributed by atoms with Crippen LogP contribution >= 0.6 is 11.3 Å². The van der Waals surface area contributed by atoms with Gasteiger partial charge in [-0.1, -0.05) is 29.5 Å². The Hall–Kier alpha value is -2.82. The standard InChI is InChI=1S/C17H18N8O4S3/c1-8(18)7-20-32(28,29)12-6-5-9(10-3-2-4-11-14(10)21-17(19)30-11)13(15(12)31(26)27)16-22-24-25-23-16/h2-6,8,20H,7,18H2,1H3,(H2,19,21)(H,26,27)(H,22,23,24,25)/p-1/t8-/m1/s1. The lowest BCUT2D eigenvalue weighted by Gasteiger charge is -2.19. The molecular weight excluding hydrogens is 476 g/mol. The number of thiazole rings is 1. The molecule has 2 atom stereocenters. The number of nitrogen functional groups attached to an aromatic ring is 1. The molecule has 0 aliphatic rings. The molecule has 0 fully saturated rings. The minimum atomic E-state index is -4.22. The predicted molar refractivity (Wildman–Crippen MR) is 119 cm³/mol. The van der Waals surface area contributed by atoms with E-state index in [1.54, 1.807) is 19.1 Å². The zero-order chi connectivity index (χ0) is 23.0. The van der Waals surface area contributed by atoms with Crippen molar-refractivity contribution in [2.24, 2.45) is 5.73 Å². The number of nitrogens with two attached hydrogens (primary N) is 2. The molecule has 0 amide bonds. The number of sulfonamides is 1. The van der Waals surface area contributed by atoms with Gasteiger partial charge in [0.05, 0.1) is 20.0 Å². The highest BCUT2D eigenvalue weighted by Gasteiger charge is 2.27. The SMILES string of the molecule is C[C@@H](N)CNS(=O)(=O)c1ccc(-c2cccc3sc(N)nc23)c(-c2nn[nH]n2)c1S(=O)[O-]. The second kappa shape index (κ2) is 8.61. The Morgan fingerprint density at radius 1 is 1.28 bits per heavy atom. The number of para-hydroxylation sites is 1. The van der Waals surface area contributed by atoms with Crippen molar-refractivity contribution in [1.82, 2.24) is 30.3 Å². The normalized spacial score (nSPS) is 14.0. The molecule has 0 aliphatic carbocycles. The van der Waals surface area contributed by atoms with Crippen LogP contribution in [0.4, 0.5) is 5.13 Å². The van der Waals surface area contributed by atoms with Gasteiger partial charge in [-0.25, -0.2) is 18.1 Å². The van der Waals surface area contributed by atoms with Crippen LogP contribution in [0.5, 0.6) is 0 Å². The third-order valence-electron chi connectivity index (χ3n) is 4.47. The number of benzene rings is 2. The van der Waals surface area contributed by atoms with E-state index in [9.17, 15) is 17.2 Å². The van der Waals surface area contributed by atoms with Crippen LogP contribution in [-0.2, 0) is 21.1 Å². The number of tetrazole rings is 1. The maximum absolute atomic E-state index is 12.9. The van der Waals surface area contributed by atoms with Crippen molar-refractivity contribution < 1.29 is 17.2 Å². The fourth-order valence-corrected chi connectivity index (χ4v) is 6.28. The average molecular weight is 494 g/mol. The smallest absolute Gasteiger partial charge is 0.241 e. The van der Waals surface area contributed by atoms with Gasteiger partial charge in [0.25, 0.3) is 0 Å². The van der Waals surface area contributed by atoms with Crippen LogP contribution in [0.2, 0.25) is 0 Å². The number of hydrogen-bond acceptors (Lipinski definition) is 11. The fraction of sp³-hybridized carbons (Fsp3) is 0.176. The first-order valence-corrected chi connectivity index (χ1v) is 12.5. The van der Waals surface area contributed by atoms with E-state index in [1.807, 2.05) is 6.07 Å². The molecular formula is C17H17N8O4S3-. The summed E-state index contributed by atoms with van der Waals surface area (Å²) < 4.78 is 53.6. The molecule has 0 saturated heterocycles. The van der Waals surface area contributed by atoms with E-state index in [0.717, 1.165) is 4.70 Å². The van der Waals surface area contributed by atoms with Crippen LogP contribution in [-0.4, -0.2) is 55.4 Å². The molecule has 2 heterocycles. The molecule has 1 unspecified atom stereocenters.